The molecule has 3 aliphatic carbocycles. The highest BCUT2D eigenvalue weighted by Crippen LogP contribution is 2.65. The number of benzene rings is 2. The lowest BCUT2D eigenvalue weighted by Crippen LogP contribution is -2.64. The summed E-state index contributed by atoms with van der Waals surface area (Å²) in [7, 11) is 0. The predicted molar refractivity (Wildman–Crippen MR) is 192 cm³/mol. The highest BCUT2D eigenvalue weighted by Gasteiger charge is 2.70. The molecule has 2 aromatic rings. The van der Waals surface area contributed by atoms with Gasteiger partial charge in [-0.3, -0.25) is 19.2 Å². The zero-order valence-corrected chi connectivity index (χ0v) is 30.7. The molecule has 5 atom stereocenters. The van der Waals surface area contributed by atoms with Gasteiger partial charge in [-0.15, -0.1) is 0 Å². The van der Waals surface area contributed by atoms with E-state index in [0.29, 0.717) is 13.0 Å². The number of amides is 5. The van der Waals surface area contributed by atoms with Crippen LogP contribution in [0, 0.1) is 28.6 Å². The number of fused-ring (bicyclic) bond motifs is 2. The van der Waals surface area contributed by atoms with Crippen molar-refractivity contribution in [3.05, 3.63) is 71.3 Å². The van der Waals surface area contributed by atoms with Crippen molar-refractivity contribution < 1.29 is 33.5 Å². The molecule has 1 unspecified atom stereocenters. The van der Waals surface area contributed by atoms with Crippen LogP contribution in [0.1, 0.15) is 77.0 Å². The molecule has 4 aliphatic rings. The smallest absolute Gasteiger partial charge is 0.332 e. The van der Waals surface area contributed by atoms with Gasteiger partial charge in [-0.05, 0) is 51.7 Å². The largest absolute Gasteiger partial charge is 0.459 e. The fourth-order valence-electron chi connectivity index (χ4n) is 8.49. The van der Waals surface area contributed by atoms with Gasteiger partial charge in [0.1, 0.15) is 24.2 Å². The highest BCUT2D eigenvalue weighted by molar-refractivity contribution is 6.37. The van der Waals surface area contributed by atoms with Gasteiger partial charge < -0.3 is 31.3 Å². The molecular weight excluding hydrogens is 662 g/mol. The first-order valence-corrected chi connectivity index (χ1v) is 18.3. The first-order valence-electron chi connectivity index (χ1n) is 18.3. The summed E-state index contributed by atoms with van der Waals surface area (Å²) in [6, 6.07) is 13.1. The molecule has 278 valence electrons. The van der Waals surface area contributed by atoms with Crippen LogP contribution in [0.2, 0.25) is 0 Å². The van der Waals surface area contributed by atoms with Crippen LogP contribution in [0.4, 0.5) is 4.79 Å². The van der Waals surface area contributed by atoms with E-state index in [0.717, 1.165) is 36.0 Å². The molecule has 5 N–H and O–H groups in total. The zero-order valence-electron chi connectivity index (χ0n) is 30.7. The number of nitrogens with one attached hydrogen (secondary N) is 3. The van der Waals surface area contributed by atoms with Crippen molar-refractivity contribution in [2.24, 2.45) is 34.3 Å². The number of primary amides is 1. The number of hydrogen-bond acceptors (Lipinski definition) is 7. The maximum absolute atomic E-state index is 14.5. The molecule has 1 saturated heterocycles. The molecule has 1 aliphatic heterocycles. The second-order valence-electron chi connectivity index (χ2n) is 16.9. The minimum atomic E-state index is -1.40. The average Bonchev–Trinajstić information content (AvgIpc) is 3.40. The van der Waals surface area contributed by atoms with Crippen LogP contribution >= 0.6 is 0 Å². The number of nitrogens with zero attached hydrogens (tertiary/aromatic N) is 1. The average molecular weight is 714 g/mol. The van der Waals surface area contributed by atoms with E-state index in [9.17, 15) is 28.8 Å². The second-order valence-corrected chi connectivity index (χ2v) is 16.9. The van der Waals surface area contributed by atoms with Crippen LogP contribution in [-0.4, -0.2) is 70.6 Å². The molecular formula is C40H51N5O7. The number of Topliss-reactive ketones (excluding diaryl/α,β-unsaturated/α-hetero) is 1. The maximum Gasteiger partial charge on any atom is 0.332 e. The molecule has 12 heteroatoms. The summed E-state index contributed by atoms with van der Waals surface area (Å²) < 4.78 is 5.77. The minimum absolute atomic E-state index is 0.0355. The third-order valence-electron chi connectivity index (χ3n) is 11.9. The lowest BCUT2D eigenvalue weighted by Gasteiger charge is -2.38. The first-order chi connectivity index (χ1) is 24.5. The SMILES string of the molecule is CC(C)(C)[C@H](NC(=O)NC1(C(=O)OCc2ccccc2)Cc2ccccc2C1)C(=O)N1C[C@H]2[C@@H]([C@H]1C(=O)NC(CC1CCC1)C(=O)C(N)=O)C2(C)C. The third kappa shape index (κ3) is 7.29. The fraction of sp³-hybridized carbons (Fsp3) is 0.550. The minimum Gasteiger partial charge on any atom is -0.459 e. The van der Waals surface area contributed by atoms with Crippen LogP contribution in [0.15, 0.2) is 54.6 Å². The number of urea groups is 1. The van der Waals surface area contributed by atoms with Gasteiger partial charge in [-0.2, -0.15) is 0 Å². The molecule has 3 fully saturated rings. The topological polar surface area (TPSA) is 177 Å². The first kappa shape index (κ1) is 37.0. The van der Waals surface area contributed by atoms with E-state index in [2.05, 4.69) is 16.0 Å². The number of carbonyl (C=O) groups excluding carboxylic acids is 6. The Morgan fingerprint density at radius 1 is 0.923 bits per heavy atom. The second kappa shape index (κ2) is 14.0. The molecule has 52 heavy (non-hydrogen) atoms. The summed E-state index contributed by atoms with van der Waals surface area (Å²) >= 11 is 0. The maximum atomic E-state index is 14.5. The van der Waals surface area contributed by atoms with Crippen LogP contribution in [0.5, 0.6) is 0 Å². The van der Waals surface area contributed by atoms with Crippen LogP contribution < -0.4 is 21.7 Å². The van der Waals surface area contributed by atoms with Gasteiger partial charge in [-0.25, -0.2) is 9.59 Å². The van der Waals surface area contributed by atoms with Gasteiger partial charge in [0.05, 0.1) is 6.04 Å². The van der Waals surface area contributed by atoms with E-state index in [1.54, 1.807) is 0 Å². The Balaban J connectivity index is 1.20. The molecule has 5 amide bonds. The normalized spacial score (nSPS) is 23.6. The van der Waals surface area contributed by atoms with E-state index in [4.69, 9.17) is 10.5 Å². The van der Waals surface area contributed by atoms with Crippen molar-refractivity contribution in [3.8, 4) is 0 Å². The van der Waals surface area contributed by atoms with Gasteiger partial charge >= 0.3 is 12.0 Å². The Bertz CT molecular complexity index is 1720. The number of esters is 1. The van der Waals surface area contributed by atoms with E-state index < -0.39 is 64.6 Å². The predicted octanol–water partition coefficient (Wildman–Crippen LogP) is 3.19. The quantitative estimate of drug-likeness (QED) is 0.193. The van der Waals surface area contributed by atoms with Crippen LogP contribution in [0.25, 0.3) is 0 Å². The van der Waals surface area contributed by atoms with Crippen molar-refractivity contribution in [2.45, 2.75) is 103 Å². The Hall–Kier alpha value is -4.74. The van der Waals surface area contributed by atoms with Gasteiger partial charge in [0, 0.05) is 19.4 Å². The van der Waals surface area contributed by atoms with Gasteiger partial charge in [-0.1, -0.05) is 108 Å². The van der Waals surface area contributed by atoms with E-state index in [-0.39, 0.29) is 42.6 Å². The number of carbonyl (C=O) groups is 6. The van der Waals surface area contributed by atoms with E-state index in [1.165, 1.54) is 4.90 Å². The highest BCUT2D eigenvalue weighted by atomic mass is 16.5. The Morgan fingerprint density at radius 3 is 2.10 bits per heavy atom. The van der Waals surface area contributed by atoms with Crippen LogP contribution in [0.3, 0.4) is 0 Å². The Morgan fingerprint density at radius 2 is 1.54 bits per heavy atom. The number of hydrogen-bond donors (Lipinski definition) is 4. The van der Waals surface area contributed by atoms with Crippen molar-refractivity contribution in [1.82, 2.24) is 20.9 Å². The number of ketones is 1. The van der Waals surface area contributed by atoms with Gasteiger partial charge in [0.2, 0.25) is 17.6 Å². The summed E-state index contributed by atoms with van der Waals surface area (Å²) in [5.74, 6) is -3.41. The molecule has 12 nitrogen and oxygen atoms in total. The molecule has 0 spiro atoms. The Kier molecular flexibility index (Phi) is 9.97. The number of nitrogens with two attached hydrogens (primary N) is 1. The van der Waals surface area contributed by atoms with Crippen molar-refractivity contribution in [3.63, 3.8) is 0 Å². The van der Waals surface area contributed by atoms with Crippen LogP contribution in [-0.2, 0) is 48.2 Å². The molecule has 1 heterocycles. The lowest BCUT2D eigenvalue weighted by atomic mass is 9.80. The van der Waals surface area contributed by atoms with Crippen molar-refractivity contribution in [2.75, 3.05) is 6.54 Å². The summed E-state index contributed by atoms with van der Waals surface area (Å²) in [5, 5.41) is 8.58. The molecule has 0 bridgehead atoms. The monoisotopic (exact) mass is 713 g/mol. The molecule has 6 rings (SSSR count). The number of likely N-dealkylation sites (tertiary alicyclic amines) is 1. The van der Waals surface area contributed by atoms with E-state index >= 15 is 0 Å². The van der Waals surface area contributed by atoms with Crippen molar-refractivity contribution in [1.29, 1.82) is 0 Å². The Labute approximate surface area is 305 Å². The zero-order chi connectivity index (χ0) is 37.6. The van der Waals surface area contributed by atoms with Gasteiger partial charge in [0.15, 0.2) is 0 Å². The summed E-state index contributed by atoms with van der Waals surface area (Å²) in [5.41, 5.74) is 5.58. The fourth-order valence-corrected chi connectivity index (χ4v) is 8.49. The number of ether oxygens (including phenoxy) is 1. The molecule has 0 radical (unpaired) electrons. The summed E-state index contributed by atoms with van der Waals surface area (Å²) in [4.78, 5) is 82.6. The summed E-state index contributed by atoms with van der Waals surface area (Å²) in [6.07, 6.45) is 3.59. The molecule has 0 aromatic heterocycles. The lowest BCUT2D eigenvalue weighted by molar-refractivity contribution is -0.152. The molecule has 2 saturated carbocycles. The van der Waals surface area contributed by atoms with Gasteiger partial charge in [0.25, 0.3) is 5.91 Å². The van der Waals surface area contributed by atoms with E-state index in [1.807, 2.05) is 89.2 Å². The van der Waals surface area contributed by atoms with Crippen molar-refractivity contribution >= 4 is 35.5 Å². The number of rotatable bonds is 12. The molecule has 2 aromatic carbocycles. The number of piperidine rings is 1. The standard InChI is InChI=1S/C40H51N5O7/c1-38(2,3)32(43-37(51)44-40(19-25-16-9-10-17-26(25)20-40)36(50)52-22-24-12-7-6-8-13-24)35(49)45-21-27-29(39(27,4)5)30(45)34(48)42-28(31(46)33(41)47)18-23-14-11-15-23/h6-10,12-13,16-17,23,27-30,32H,11,14-15,18-22H2,1-5H3,(H2,41,47)(H,42,48)(H2,43,44,51)/t27-,28?,29-,30-,32+/m0/s1. The summed E-state index contributed by atoms with van der Waals surface area (Å²) in [6.45, 7) is 9.89. The third-order valence-corrected chi connectivity index (χ3v) is 11.9.